The molecule has 5 atom stereocenters. The van der Waals surface area contributed by atoms with Gasteiger partial charge in [0.1, 0.15) is 0 Å². The molecule has 124 valence electrons. The average Bonchev–Trinajstić information content (AvgIpc) is 2.46. The lowest BCUT2D eigenvalue weighted by atomic mass is 9.62. The van der Waals surface area contributed by atoms with Crippen LogP contribution in [0, 0.1) is 35.5 Å². The molecule has 0 aliphatic heterocycles. The predicted octanol–water partition coefficient (Wildman–Crippen LogP) is 5.50. The standard InChI is InChI=1S/C20H39N/c1-5-9-21-14-18-8-7-17(6-2)13-20(18)19-11-15(3)10-16(4)12-19/h15-21H,5-14H2,1-4H3. The Labute approximate surface area is 133 Å². The molecular formula is C20H39N. The second-order valence-electron chi connectivity index (χ2n) is 8.39. The highest BCUT2D eigenvalue weighted by Crippen LogP contribution is 2.46. The molecule has 0 aromatic heterocycles. The molecule has 0 spiro atoms. The van der Waals surface area contributed by atoms with Crippen molar-refractivity contribution in [2.75, 3.05) is 13.1 Å². The second kappa shape index (κ2) is 8.56. The van der Waals surface area contributed by atoms with Crippen LogP contribution in [0.2, 0.25) is 0 Å². The number of nitrogens with one attached hydrogen (secondary N) is 1. The van der Waals surface area contributed by atoms with Crippen LogP contribution in [0.25, 0.3) is 0 Å². The number of rotatable bonds is 6. The molecule has 1 nitrogen and oxygen atoms in total. The first-order valence-corrected chi connectivity index (χ1v) is 9.84. The lowest BCUT2D eigenvalue weighted by Crippen LogP contribution is -2.39. The van der Waals surface area contributed by atoms with Crippen molar-refractivity contribution in [3.63, 3.8) is 0 Å². The van der Waals surface area contributed by atoms with Crippen LogP contribution >= 0.6 is 0 Å². The summed E-state index contributed by atoms with van der Waals surface area (Å²) in [5, 5.41) is 3.73. The second-order valence-corrected chi connectivity index (χ2v) is 8.39. The molecule has 0 bridgehead atoms. The highest BCUT2D eigenvalue weighted by molar-refractivity contribution is 4.88. The largest absolute Gasteiger partial charge is 0.316 e. The summed E-state index contributed by atoms with van der Waals surface area (Å²) in [6.07, 6.45) is 11.7. The minimum atomic E-state index is 0.960. The van der Waals surface area contributed by atoms with Crippen molar-refractivity contribution in [2.24, 2.45) is 35.5 Å². The molecule has 5 unspecified atom stereocenters. The summed E-state index contributed by atoms with van der Waals surface area (Å²) < 4.78 is 0. The van der Waals surface area contributed by atoms with Crippen LogP contribution in [-0.2, 0) is 0 Å². The molecule has 0 aromatic rings. The lowest BCUT2D eigenvalue weighted by Gasteiger charge is -2.44. The van der Waals surface area contributed by atoms with E-state index in [-0.39, 0.29) is 0 Å². The predicted molar refractivity (Wildman–Crippen MR) is 93.4 cm³/mol. The SMILES string of the molecule is CCCNCC1CCC(CC)CC1C1CC(C)CC(C)C1. The van der Waals surface area contributed by atoms with Crippen molar-refractivity contribution < 1.29 is 0 Å². The molecule has 0 heterocycles. The third kappa shape index (κ3) is 4.98. The van der Waals surface area contributed by atoms with E-state index in [1.165, 1.54) is 64.5 Å². The van der Waals surface area contributed by atoms with Crippen molar-refractivity contribution in [3.8, 4) is 0 Å². The van der Waals surface area contributed by atoms with Crippen LogP contribution in [0.5, 0.6) is 0 Å². The average molecular weight is 294 g/mol. The van der Waals surface area contributed by atoms with Crippen LogP contribution in [0.15, 0.2) is 0 Å². The Kier molecular flexibility index (Phi) is 7.05. The van der Waals surface area contributed by atoms with Gasteiger partial charge in [0.15, 0.2) is 0 Å². The van der Waals surface area contributed by atoms with Crippen molar-refractivity contribution in [3.05, 3.63) is 0 Å². The smallest absolute Gasteiger partial charge is 0.00178 e. The highest BCUT2D eigenvalue weighted by Gasteiger charge is 2.37. The van der Waals surface area contributed by atoms with Crippen LogP contribution in [0.4, 0.5) is 0 Å². The summed E-state index contributed by atoms with van der Waals surface area (Å²) >= 11 is 0. The summed E-state index contributed by atoms with van der Waals surface area (Å²) in [6.45, 7) is 12.2. The molecule has 2 rings (SSSR count). The maximum absolute atomic E-state index is 3.73. The zero-order valence-corrected chi connectivity index (χ0v) is 15.0. The summed E-state index contributed by atoms with van der Waals surface area (Å²) in [4.78, 5) is 0. The zero-order valence-electron chi connectivity index (χ0n) is 15.0. The van der Waals surface area contributed by atoms with E-state index in [1.54, 1.807) is 0 Å². The van der Waals surface area contributed by atoms with Crippen LogP contribution in [-0.4, -0.2) is 13.1 Å². The summed E-state index contributed by atoms with van der Waals surface area (Å²) in [5.74, 6) is 5.94. The van der Waals surface area contributed by atoms with Crippen LogP contribution < -0.4 is 5.32 Å². The van der Waals surface area contributed by atoms with Gasteiger partial charge >= 0.3 is 0 Å². The first-order chi connectivity index (χ1) is 10.1. The fourth-order valence-corrected chi connectivity index (χ4v) is 5.38. The van der Waals surface area contributed by atoms with E-state index in [1.807, 2.05) is 0 Å². The molecule has 1 N–H and O–H groups in total. The van der Waals surface area contributed by atoms with E-state index < -0.39 is 0 Å². The molecule has 0 radical (unpaired) electrons. The lowest BCUT2D eigenvalue weighted by molar-refractivity contribution is 0.0650. The Hall–Kier alpha value is -0.0400. The van der Waals surface area contributed by atoms with Crippen molar-refractivity contribution in [2.45, 2.75) is 79.1 Å². The summed E-state index contributed by atoms with van der Waals surface area (Å²) in [5.41, 5.74) is 0. The molecule has 2 aliphatic rings. The normalized spacial score (nSPS) is 41.1. The van der Waals surface area contributed by atoms with Crippen molar-refractivity contribution >= 4 is 0 Å². The Morgan fingerprint density at radius 2 is 1.62 bits per heavy atom. The van der Waals surface area contributed by atoms with Crippen LogP contribution in [0.3, 0.4) is 0 Å². The van der Waals surface area contributed by atoms with Crippen molar-refractivity contribution in [1.82, 2.24) is 5.32 Å². The minimum Gasteiger partial charge on any atom is -0.316 e. The fourth-order valence-electron chi connectivity index (χ4n) is 5.38. The molecule has 21 heavy (non-hydrogen) atoms. The van der Waals surface area contributed by atoms with Gasteiger partial charge in [-0.05, 0) is 87.1 Å². The Balaban J connectivity index is 1.98. The van der Waals surface area contributed by atoms with Crippen LogP contribution in [0.1, 0.15) is 79.1 Å². The Morgan fingerprint density at radius 1 is 0.905 bits per heavy atom. The van der Waals surface area contributed by atoms with Gasteiger partial charge in [0, 0.05) is 0 Å². The van der Waals surface area contributed by atoms with E-state index >= 15 is 0 Å². The van der Waals surface area contributed by atoms with Gasteiger partial charge in [-0.2, -0.15) is 0 Å². The molecule has 2 saturated carbocycles. The maximum Gasteiger partial charge on any atom is -0.00178 e. The van der Waals surface area contributed by atoms with Gasteiger partial charge in [-0.1, -0.05) is 40.5 Å². The first-order valence-electron chi connectivity index (χ1n) is 9.84. The van der Waals surface area contributed by atoms with E-state index in [9.17, 15) is 0 Å². The molecule has 0 amide bonds. The zero-order chi connectivity index (χ0) is 15.2. The van der Waals surface area contributed by atoms with E-state index in [4.69, 9.17) is 0 Å². The summed E-state index contributed by atoms with van der Waals surface area (Å²) in [7, 11) is 0. The third-order valence-electron chi connectivity index (χ3n) is 6.39. The third-order valence-corrected chi connectivity index (χ3v) is 6.39. The van der Waals surface area contributed by atoms with Gasteiger partial charge in [0.25, 0.3) is 0 Å². The van der Waals surface area contributed by atoms with Crippen molar-refractivity contribution in [1.29, 1.82) is 0 Å². The molecular weight excluding hydrogens is 254 g/mol. The van der Waals surface area contributed by atoms with Gasteiger partial charge in [0.2, 0.25) is 0 Å². The van der Waals surface area contributed by atoms with Gasteiger partial charge in [-0.25, -0.2) is 0 Å². The number of hydrogen-bond acceptors (Lipinski definition) is 1. The minimum absolute atomic E-state index is 0.960. The fraction of sp³-hybridized carbons (Fsp3) is 1.00. The topological polar surface area (TPSA) is 12.0 Å². The Bertz CT molecular complexity index is 276. The molecule has 2 fully saturated rings. The molecule has 0 saturated heterocycles. The van der Waals surface area contributed by atoms with E-state index in [2.05, 4.69) is 33.0 Å². The molecule has 2 aliphatic carbocycles. The molecule has 1 heteroatoms. The van der Waals surface area contributed by atoms with E-state index in [0.29, 0.717) is 0 Å². The van der Waals surface area contributed by atoms with Gasteiger partial charge in [-0.3, -0.25) is 0 Å². The number of hydrogen-bond donors (Lipinski definition) is 1. The maximum atomic E-state index is 3.73. The quantitative estimate of drug-likeness (QED) is 0.637. The van der Waals surface area contributed by atoms with Gasteiger partial charge in [0.05, 0.1) is 0 Å². The van der Waals surface area contributed by atoms with Gasteiger partial charge in [-0.15, -0.1) is 0 Å². The molecule has 0 aromatic carbocycles. The monoisotopic (exact) mass is 293 g/mol. The Morgan fingerprint density at radius 3 is 2.24 bits per heavy atom. The van der Waals surface area contributed by atoms with E-state index in [0.717, 1.165) is 35.5 Å². The van der Waals surface area contributed by atoms with Gasteiger partial charge < -0.3 is 5.32 Å². The highest BCUT2D eigenvalue weighted by atomic mass is 14.9. The first kappa shape index (κ1) is 17.3. The summed E-state index contributed by atoms with van der Waals surface area (Å²) in [6, 6.07) is 0.